The molecule has 0 unspecified atom stereocenters. The number of aryl methyl sites for hydroxylation is 4. The predicted molar refractivity (Wildman–Crippen MR) is 112 cm³/mol. The molecule has 0 spiro atoms. The molecule has 0 radical (unpaired) electrons. The number of methoxy groups -OCH3 is 1. The number of fused-ring (bicyclic) bond motifs is 1. The Morgan fingerprint density at radius 1 is 0.857 bits per heavy atom. The highest BCUT2D eigenvalue weighted by Crippen LogP contribution is 2.31. The topological polar surface area (TPSA) is 64.9 Å². The highest BCUT2D eigenvalue weighted by molar-refractivity contribution is 5.81. The zero-order chi connectivity index (χ0) is 19.8. The van der Waals surface area contributed by atoms with Gasteiger partial charge in [-0.2, -0.15) is 5.10 Å². The zero-order valence-corrected chi connectivity index (χ0v) is 16.7. The van der Waals surface area contributed by atoms with Crippen LogP contribution < -0.4 is 10.1 Å². The minimum Gasteiger partial charge on any atom is -0.495 e. The summed E-state index contributed by atoms with van der Waals surface area (Å²) >= 11 is 0. The van der Waals surface area contributed by atoms with E-state index in [0.717, 1.165) is 45.0 Å². The molecular formula is C22H23N5O. The second-order valence-electron chi connectivity index (χ2n) is 7.06. The molecule has 4 aromatic rings. The summed E-state index contributed by atoms with van der Waals surface area (Å²) in [7, 11) is 1.66. The maximum atomic E-state index is 5.52. The molecule has 142 valence electrons. The van der Waals surface area contributed by atoms with Crippen molar-refractivity contribution >= 4 is 22.5 Å². The molecule has 0 bridgehead atoms. The van der Waals surface area contributed by atoms with Gasteiger partial charge < -0.3 is 10.1 Å². The number of benzene rings is 2. The summed E-state index contributed by atoms with van der Waals surface area (Å²) in [5.74, 6) is 2.04. The van der Waals surface area contributed by atoms with Crippen LogP contribution in [0.15, 0.2) is 42.5 Å². The summed E-state index contributed by atoms with van der Waals surface area (Å²) in [5.41, 5.74) is 6.70. The molecule has 0 amide bonds. The van der Waals surface area contributed by atoms with Crippen LogP contribution in [0, 0.1) is 27.7 Å². The SMILES string of the molecule is COc1ccc(C)cc1Nc1nc2ccc(C)cc2nc1-n1nc(C)cc1C. The van der Waals surface area contributed by atoms with Gasteiger partial charge in [-0.1, -0.05) is 12.1 Å². The lowest BCUT2D eigenvalue weighted by Crippen LogP contribution is -2.09. The Morgan fingerprint density at radius 3 is 2.32 bits per heavy atom. The fourth-order valence-electron chi connectivity index (χ4n) is 3.28. The Bertz CT molecular complexity index is 1180. The van der Waals surface area contributed by atoms with E-state index in [9.17, 15) is 0 Å². The highest BCUT2D eigenvalue weighted by Gasteiger charge is 2.16. The molecule has 28 heavy (non-hydrogen) atoms. The van der Waals surface area contributed by atoms with Gasteiger partial charge in [0.1, 0.15) is 5.75 Å². The number of ether oxygens (including phenoxy) is 1. The van der Waals surface area contributed by atoms with Gasteiger partial charge in [0.2, 0.25) is 0 Å². The summed E-state index contributed by atoms with van der Waals surface area (Å²) in [5, 5.41) is 8.03. The van der Waals surface area contributed by atoms with E-state index in [-0.39, 0.29) is 0 Å². The van der Waals surface area contributed by atoms with Crippen LogP contribution in [0.1, 0.15) is 22.5 Å². The maximum absolute atomic E-state index is 5.52. The third kappa shape index (κ3) is 3.29. The molecule has 2 aromatic heterocycles. The molecule has 2 aromatic carbocycles. The van der Waals surface area contributed by atoms with E-state index in [1.807, 2.05) is 74.8 Å². The summed E-state index contributed by atoms with van der Waals surface area (Å²) in [4.78, 5) is 9.74. The number of rotatable bonds is 4. The molecule has 0 saturated carbocycles. The van der Waals surface area contributed by atoms with E-state index >= 15 is 0 Å². The summed E-state index contributed by atoms with van der Waals surface area (Å²) in [6, 6.07) is 14.1. The fraction of sp³-hybridized carbons (Fsp3) is 0.227. The smallest absolute Gasteiger partial charge is 0.197 e. The number of nitrogens with one attached hydrogen (secondary N) is 1. The van der Waals surface area contributed by atoms with Gasteiger partial charge in [0, 0.05) is 5.69 Å². The minimum atomic E-state index is 0.631. The van der Waals surface area contributed by atoms with E-state index in [4.69, 9.17) is 14.7 Å². The quantitative estimate of drug-likeness (QED) is 0.556. The highest BCUT2D eigenvalue weighted by atomic mass is 16.5. The first-order chi connectivity index (χ1) is 13.4. The standard InChI is InChI=1S/C22H23N5O/c1-13-6-8-17-18(10-13)25-22(27-16(4)12-15(3)26-27)21(23-17)24-19-11-14(2)7-9-20(19)28-5/h6-12H,1-5H3,(H,23,24). The van der Waals surface area contributed by atoms with Crippen molar-refractivity contribution in [2.75, 3.05) is 12.4 Å². The van der Waals surface area contributed by atoms with Crippen LogP contribution in [0.4, 0.5) is 11.5 Å². The Morgan fingerprint density at radius 2 is 1.61 bits per heavy atom. The number of aromatic nitrogens is 4. The van der Waals surface area contributed by atoms with Crippen molar-refractivity contribution in [2.24, 2.45) is 0 Å². The average Bonchev–Trinajstić information content (AvgIpc) is 2.99. The van der Waals surface area contributed by atoms with Gasteiger partial charge in [-0.05, 0) is 69.2 Å². The molecule has 1 N–H and O–H groups in total. The van der Waals surface area contributed by atoms with Gasteiger partial charge >= 0.3 is 0 Å². The summed E-state index contributed by atoms with van der Waals surface area (Å²) < 4.78 is 7.34. The van der Waals surface area contributed by atoms with Crippen molar-refractivity contribution in [2.45, 2.75) is 27.7 Å². The minimum absolute atomic E-state index is 0.631. The van der Waals surface area contributed by atoms with Gasteiger partial charge in [0.25, 0.3) is 0 Å². The van der Waals surface area contributed by atoms with Gasteiger partial charge in [-0.3, -0.25) is 0 Å². The molecule has 6 nitrogen and oxygen atoms in total. The largest absolute Gasteiger partial charge is 0.495 e. The molecule has 2 heterocycles. The first-order valence-corrected chi connectivity index (χ1v) is 9.18. The number of anilines is 2. The van der Waals surface area contributed by atoms with Crippen molar-refractivity contribution in [3.63, 3.8) is 0 Å². The van der Waals surface area contributed by atoms with Crippen molar-refractivity contribution in [3.8, 4) is 11.6 Å². The van der Waals surface area contributed by atoms with Crippen LogP contribution in [-0.2, 0) is 0 Å². The average molecular weight is 373 g/mol. The lowest BCUT2D eigenvalue weighted by molar-refractivity contribution is 0.416. The Kier molecular flexibility index (Phi) is 4.47. The Labute approximate surface area is 164 Å². The van der Waals surface area contributed by atoms with Crippen molar-refractivity contribution < 1.29 is 4.74 Å². The first-order valence-electron chi connectivity index (χ1n) is 9.18. The second kappa shape index (κ2) is 6.96. The molecule has 0 aliphatic rings. The van der Waals surface area contributed by atoms with Gasteiger partial charge in [0.15, 0.2) is 11.6 Å². The first kappa shape index (κ1) is 18.0. The van der Waals surface area contributed by atoms with E-state index in [1.54, 1.807) is 7.11 Å². The number of hydrogen-bond donors (Lipinski definition) is 1. The molecular weight excluding hydrogens is 350 g/mol. The van der Waals surface area contributed by atoms with Crippen LogP contribution in [0.5, 0.6) is 5.75 Å². The van der Waals surface area contributed by atoms with Crippen molar-refractivity contribution in [1.29, 1.82) is 0 Å². The molecule has 0 atom stereocenters. The molecule has 6 heteroatoms. The molecule has 0 aliphatic heterocycles. The van der Waals surface area contributed by atoms with Crippen molar-refractivity contribution in [1.82, 2.24) is 19.7 Å². The third-order valence-corrected chi connectivity index (χ3v) is 4.62. The Hall–Kier alpha value is -3.41. The van der Waals surface area contributed by atoms with Crippen LogP contribution >= 0.6 is 0 Å². The Balaban J connectivity index is 1.93. The monoisotopic (exact) mass is 373 g/mol. The summed E-state index contributed by atoms with van der Waals surface area (Å²) in [6.45, 7) is 8.08. The predicted octanol–water partition coefficient (Wildman–Crippen LogP) is 4.80. The van der Waals surface area contributed by atoms with Gasteiger partial charge in [-0.25, -0.2) is 14.6 Å². The molecule has 0 saturated heterocycles. The zero-order valence-electron chi connectivity index (χ0n) is 16.7. The molecule has 4 rings (SSSR count). The normalized spacial score (nSPS) is 11.0. The number of nitrogens with zero attached hydrogens (tertiary/aromatic N) is 4. The number of hydrogen-bond acceptors (Lipinski definition) is 5. The van der Waals surface area contributed by atoms with Crippen LogP contribution in [-0.4, -0.2) is 26.9 Å². The lowest BCUT2D eigenvalue weighted by Gasteiger charge is -2.15. The second-order valence-corrected chi connectivity index (χ2v) is 7.06. The van der Waals surface area contributed by atoms with E-state index < -0.39 is 0 Å². The maximum Gasteiger partial charge on any atom is 0.197 e. The fourth-order valence-corrected chi connectivity index (χ4v) is 3.28. The summed E-state index contributed by atoms with van der Waals surface area (Å²) in [6.07, 6.45) is 0. The van der Waals surface area contributed by atoms with Crippen molar-refractivity contribution in [3.05, 3.63) is 65.0 Å². The van der Waals surface area contributed by atoms with Crippen LogP contribution in [0.3, 0.4) is 0 Å². The molecule has 0 fully saturated rings. The van der Waals surface area contributed by atoms with Crippen LogP contribution in [0.2, 0.25) is 0 Å². The van der Waals surface area contributed by atoms with Crippen LogP contribution in [0.25, 0.3) is 16.9 Å². The van der Waals surface area contributed by atoms with E-state index in [1.165, 1.54) is 0 Å². The third-order valence-electron chi connectivity index (χ3n) is 4.62. The molecule has 0 aliphatic carbocycles. The van der Waals surface area contributed by atoms with E-state index in [0.29, 0.717) is 11.6 Å². The lowest BCUT2D eigenvalue weighted by atomic mass is 10.2. The van der Waals surface area contributed by atoms with Gasteiger partial charge in [0.05, 0.1) is 29.5 Å². The van der Waals surface area contributed by atoms with Gasteiger partial charge in [-0.15, -0.1) is 0 Å². The van der Waals surface area contributed by atoms with E-state index in [2.05, 4.69) is 10.4 Å².